The molecule has 3 aromatic rings. The summed E-state index contributed by atoms with van der Waals surface area (Å²) in [4.78, 5) is 12.8. The first kappa shape index (κ1) is 23.0. The minimum Gasteiger partial charge on any atom is -0.320 e. The summed E-state index contributed by atoms with van der Waals surface area (Å²) in [6.07, 6.45) is 0. The Kier molecular flexibility index (Phi) is 6.27. The predicted molar refractivity (Wildman–Crippen MR) is 123 cm³/mol. The van der Waals surface area contributed by atoms with Gasteiger partial charge in [-0.15, -0.1) is 0 Å². The normalized spacial score (nSPS) is 12.1. The van der Waals surface area contributed by atoms with Crippen LogP contribution in [-0.2, 0) is 10.0 Å². The zero-order valence-corrected chi connectivity index (χ0v) is 19.6. The van der Waals surface area contributed by atoms with Crippen molar-refractivity contribution >= 4 is 33.2 Å². The summed E-state index contributed by atoms with van der Waals surface area (Å²) in [6, 6.07) is 13.4. The van der Waals surface area contributed by atoms with Crippen molar-refractivity contribution < 1.29 is 13.2 Å². The molecule has 0 saturated carbocycles. The number of hydrogen-bond donors (Lipinski definition) is 2. The number of amides is 1. The molecule has 0 radical (unpaired) electrons. The number of halogens is 1. The number of aryl methyl sites for hydroxylation is 2. The van der Waals surface area contributed by atoms with Crippen molar-refractivity contribution in [2.45, 2.75) is 45.1 Å². The van der Waals surface area contributed by atoms with E-state index in [1.54, 1.807) is 37.6 Å². The van der Waals surface area contributed by atoms with Gasteiger partial charge < -0.3 is 5.32 Å². The fraction of sp³-hybridized carbons (Fsp3) is 0.273. The second-order valence-corrected chi connectivity index (χ2v) is 10.4. The van der Waals surface area contributed by atoms with Crippen LogP contribution in [0.3, 0.4) is 0 Å². The minimum atomic E-state index is -3.91. The van der Waals surface area contributed by atoms with Gasteiger partial charge in [0, 0.05) is 16.8 Å². The van der Waals surface area contributed by atoms with E-state index in [4.69, 9.17) is 11.6 Å². The van der Waals surface area contributed by atoms with Gasteiger partial charge in [0.25, 0.3) is 5.91 Å². The Hall–Kier alpha value is -2.68. The summed E-state index contributed by atoms with van der Waals surface area (Å²) in [5, 5.41) is 7.36. The number of anilines is 1. The second-order valence-electron chi connectivity index (χ2n) is 8.31. The first-order valence-corrected chi connectivity index (χ1v) is 11.5. The van der Waals surface area contributed by atoms with Gasteiger partial charge in [-0.2, -0.15) is 5.10 Å². The number of para-hydroxylation sites is 2. The van der Waals surface area contributed by atoms with E-state index in [2.05, 4.69) is 15.1 Å². The average molecular weight is 461 g/mol. The van der Waals surface area contributed by atoms with Gasteiger partial charge in [-0.05, 0) is 71.0 Å². The van der Waals surface area contributed by atoms with Gasteiger partial charge in [-0.1, -0.05) is 23.7 Å². The van der Waals surface area contributed by atoms with E-state index in [1.807, 2.05) is 32.0 Å². The zero-order valence-electron chi connectivity index (χ0n) is 18.0. The minimum absolute atomic E-state index is 0.0383. The van der Waals surface area contributed by atoms with Crippen LogP contribution in [-0.4, -0.2) is 29.6 Å². The van der Waals surface area contributed by atoms with E-state index in [1.165, 1.54) is 18.2 Å². The number of benzene rings is 2. The van der Waals surface area contributed by atoms with Gasteiger partial charge in [-0.3, -0.25) is 4.79 Å². The molecule has 0 spiro atoms. The van der Waals surface area contributed by atoms with Gasteiger partial charge in [-0.25, -0.2) is 17.8 Å². The van der Waals surface area contributed by atoms with Crippen LogP contribution in [0.5, 0.6) is 0 Å². The van der Waals surface area contributed by atoms with Crippen LogP contribution in [0.2, 0.25) is 5.02 Å². The third-order valence-electron chi connectivity index (χ3n) is 4.31. The van der Waals surface area contributed by atoms with Crippen molar-refractivity contribution in [3.63, 3.8) is 0 Å². The molecule has 0 bridgehead atoms. The van der Waals surface area contributed by atoms with Crippen LogP contribution in [0.1, 0.15) is 42.5 Å². The zero-order chi connectivity index (χ0) is 23.0. The van der Waals surface area contributed by atoms with Crippen molar-refractivity contribution in [1.82, 2.24) is 14.5 Å². The molecule has 0 aliphatic rings. The van der Waals surface area contributed by atoms with E-state index in [9.17, 15) is 13.2 Å². The van der Waals surface area contributed by atoms with Crippen molar-refractivity contribution in [2.24, 2.45) is 0 Å². The van der Waals surface area contributed by atoms with Crippen molar-refractivity contribution in [3.05, 3.63) is 70.5 Å². The van der Waals surface area contributed by atoms with Crippen LogP contribution in [0.4, 0.5) is 5.69 Å². The fourth-order valence-corrected chi connectivity index (χ4v) is 5.09. The molecule has 0 aliphatic carbocycles. The summed E-state index contributed by atoms with van der Waals surface area (Å²) >= 11 is 6.14. The molecule has 2 N–H and O–H groups in total. The highest BCUT2D eigenvalue weighted by Crippen LogP contribution is 2.26. The van der Waals surface area contributed by atoms with Gasteiger partial charge in [0.05, 0.1) is 22.1 Å². The van der Waals surface area contributed by atoms with E-state index < -0.39 is 21.5 Å². The lowest BCUT2D eigenvalue weighted by atomic mass is 10.1. The molecule has 3 rings (SSSR count). The molecule has 31 heavy (non-hydrogen) atoms. The number of nitrogens with one attached hydrogen (secondary N) is 2. The van der Waals surface area contributed by atoms with Crippen LogP contribution in [0.15, 0.2) is 53.4 Å². The molecule has 0 fully saturated rings. The topological polar surface area (TPSA) is 93.1 Å². The van der Waals surface area contributed by atoms with Gasteiger partial charge in [0.1, 0.15) is 4.90 Å². The first-order valence-electron chi connectivity index (χ1n) is 9.65. The highest BCUT2D eigenvalue weighted by molar-refractivity contribution is 7.89. The first-order chi connectivity index (χ1) is 14.4. The SMILES string of the molecule is Cc1cc(C)n(-c2ccccc2NC(=O)c2ccc(Cl)c(S(=O)(=O)NC(C)(C)C)c2)n1. The summed E-state index contributed by atoms with van der Waals surface area (Å²) in [7, 11) is -3.91. The van der Waals surface area contributed by atoms with E-state index in [0.29, 0.717) is 11.4 Å². The van der Waals surface area contributed by atoms with Crippen LogP contribution < -0.4 is 10.0 Å². The highest BCUT2D eigenvalue weighted by Gasteiger charge is 2.25. The van der Waals surface area contributed by atoms with Crippen LogP contribution in [0, 0.1) is 13.8 Å². The smallest absolute Gasteiger partial charge is 0.255 e. The second kappa shape index (κ2) is 8.45. The highest BCUT2D eigenvalue weighted by atomic mass is 35.5. The average Bonchev–Trinajstić information content (AvgIpc) is 2.98. The molecule has 2 aromatic carbocycles. The third kappa shape index (κ3) is 5.33. The molecular formula is C22H25ClN4O3S. The van der Waals surface area contributed by atoms with Crippen LogP contribution in [0.25, 0.3) is 5.69 Å². The lowest BCUT2D eigenvalue weighted by Gasteiger charge is -2.21. The molecule has 7 nitrogen and oxygen atoms in total. The molecule has 0 aliphatic heterocycles. The van der Waals surface area contributed by atoms with Crippen molar-refractivity contribution in [3.8, 4) is 5.69 Å². The lowest BCUT2D eigenvalue weighted by molar-refractivity contribution is 0.102. The Morgan fingerprint density at radius 1 is 1.06 bits per heavy atom. The molecular weight excluding hydrogens is 436 g/mol. The largest absolute Gasteiger partial charge is 0.320 e. The van der Waals surface area contributed by atoms with Crippen LogP contribution >= 0.6 is 11.6 Å². The number of nitrogens with zero attached hydrogens (tertiary/aromatic N) is 2. The number of sulfonamides is 1. The number of hydrogen-bond acceptors (Lipinski definition) is 4. The Morgan fingerprint density at radius 2 is 1.74 bits per heavy atom. The molecule has 164 valence electrons. The Bertz CT molecular complexity index is 1240. The number of carbonyl (C=O) groups is 1. The van der Waals surface area contributed by atoms with Gasteiger partial charge in [0.15, 0.2) is 0 Å². The molecule has 1 aromatic heterocycles. The fourth-order valence-electron chi connectivity index (χ4n) is 3.14. The maximum Gasteiger partial charge on any atom is 0.255 e. The maximum absolute atomic E-state index is 13.0. The Balaban J connectivity index is 1.95. The number of rotatable bonds is 5. The Morgan fingerprint density at radius 3 is 2.35 bits per heavy atom. The summed E-state index contributed by atoms with van der Waals surface area (Å²) < 4.78 is 29.8. The summed E-state index contributed by atoms with van der Waals surface area (Å²) in [6.45, 7) is 9.00. The van der Waals surface area contributed by atoms with Gasteiger partial charge in [0.2, 0.25) is 10.0 Å². The quantitative estimate of drug-likeness (QED) is 0.587. The summed E-state index contributed by atoms with van der Waals surface area (Å²) in [5.41, 5.74) is 2.51. The summed E-state index contributed by atoms with van der Waals surface area (Å²) in [5.74, 6) is -0.460. The van der Waals surface area contributed by atoms with E-state index in [0.717, 1.165) is 11.4 Å². The molecule has 0 atom stereocenters. The number of aromatic nitrogens is 2. The van der Waals surface area contributed by atoms with Gasteiger partial charge >= 0.3 is 0 Å². The molecule has 1 amide bonds. The maximum atomic E-state index is 13.0. The standard InChI is InChI=1S/C22H25ClN4O3S/c1-14-12-15(2)27(25-14)19-9-7-6-8-18(19)24-21(28)16-10-11-17(23)20(13-16)31(29,30)26-22(3,4)5/h6-13,26H,1-5H3,(H,24,28). The monoisotopic (exact) mass is 460 g/mol. The number of carbonyl (C=O) groups excluding carboxylic acids is 1. The molecule has 9 heteroatoms. The predicted octanol–water partition coefficient (Wildman–Crippen LogP) is 4.47. The van der Waals surface area contributed by atoms with Crippen molar-refractivity contribution in [1.29, 1.82) is 0 Å². The third-order valence-corrected chi connectivity index (χ3v) is 6.55. The lowest BCUT2D eigenvalue weighted by Crippen LogP contribution is -2.40. The Labute approximate surface area is 187 Å². The van der Waals surface area contributed by atoms with E-state index in [-0.39, 0.29) is 15.5 Å². The molecule has 0 unspecified atom stereocenters. The molecule has 0 saturated heterocycles. The molecule has 1 heterocycles. The van der Waals surface area contributed by atoms with E-state index >= 15 is 0 Å². The van der Waals surface area contributed by atoms with Crippen molar-refractivity contribution in [2.75, 3.05) is 5.32 Å².